The summed E-state index contributed by atoms with van der Waals surface area (Å²) in [5.41, 5.74) is 0.271. The fourth-order valence-corrected chi connectivity index (χ4v) is 1.90. The lowest BCUT2D eigenvalue weighted by Crippen LogP contribution is -2.41. The van der Waals surface area contributed by atoms with E-state index >= 15 is 0 Å². The van der Waals surface area contributed by atoms with Gasteiger partial charge in [0.2, 0.25) is 0 Å². The van der Waals surface area contributed by atoms with Gasteiger partial charge in [0.05, 0.1) is 13.2 Å². The zero-order chi connectivity index (χ0) is 14.5. The van der Waals surface area contributed by atoms with Crippen molar-refractivity contribution in [1.82, 2.24) is 15.4 Å². The number of nitrogens with zero attached hydrogens (tertiary/aromatic N) is 2. The van der Waals surface area contributed by atoms with Gasteiger partial charge in [0.15, 0.2) is 5.69 Å². The minimum Gasteiger partial charge on any atom is -0.467 e. The predicted octanol–water partition coefficient (Wildman–Crippen LogP) is 1.39. The van der Waals surface area contributed by atoms with E-state index in [4.69, 9.17) is 9.26 Å². The molecular formula is C13H23N3O3. The molecule has 6 nitrogen and oxygen atoms in total. The molecule has 0 aliphatic rings. The van der Waals surface area contributed by atoms with Crippen molar-refractivity contribution in [2.24, 2.45) is 5.41 Å². The maximum absolute atomic E-state index is 11.9. The number of aromatic nitrogens is 1. The van der Waals surface area contributed by atoms with Crippen LogP contribution >= 0.6 is 0 Å². The maximum atomic E-state index is 11.9. The van der Waals surface area contributed by atoms with Gasteiger partial charge in [-0.25, -0.2) is 0 Å². The smallest absolute Gasteiger partial charge is 0.311 e. The average molecular weight is 269 g/mol. The van der Waals surface area contributed by atoms with Crippen LogP contribution in [0.1, 0.15) is 30.8 Å². The minimum absolute atomic E-state index is 0.0347. The third-order valence-corrected chi connectivity index (χ3v) is 3.15. The minimum atomic E-state index is -0.245. The molecular weight excluding hydrogens is 246 g/mol. The SMILES string of the molecule is CCC(C)(CNC(=O)c1cc(OC)on1)CN(C)C. The summed E-state index contributed by atoms with van der Waals surface area (Å²) in [4.78, 5) is 14.0. The molecule has 1 rings (SSSR count). The highest BCUT2D eigenvalue weighted by atomic mass is 16.6. The van der Waals surface area contributed by atoms with Gasteiger partial charge in [0.1, 0.15) is 0 Å². The van der Waals surface area contributed by atoms with Crippen LogP contribution in [0, 0.1) is 5.41 Å². The van der Waals surface area contributed by atoms with E-state index < -0.39 is 0 Å². The van der Waals surface area contributed by atoms with E-state index in [-0.39, 0.29) is 23.0 Å². The summed E-state index contributed by atoms with van der Waals surface area (Å²) in [5, 5.41) is 6.54. The van der Waals surface area contributed by atoms with E-state index in [0.29, 0.717) is 6.54 Å². The van der Waals surface area contributed by atoms with Gasteiger partial charge in [-0.3, -0.25) is 4.79 Å². The second kappa shape index (κ2) is 6.56. The number of hydrogen-bond acceptors (Lipinski definition) is 5. The molecule has 1 heterocycles. The van der Waals surface area contributed by atoms with Gasteiger partial charge in [-0.15, -0.1) is 0 Å². The van der Waals surface area contributed by atoms with E-state index in [0.717, 1.165) is 13.0 Å². The number of ether oxygens (including phenoxy) is 1. The fraction of sp³-hybridized carbons (Fsp3) is 0.692. The predicted molar refractivity (Wildman–Crippen MR) is 72.3 cm³/mol. The van der Waals surface area contributed by atoms with Crippen LogP contribution in [-0.4, -0.2) is 50.3 Å². The number of amides is 1. The molecule has 1 N–H and O–H groups in total. The summed E-state index contributed by atoms with van der Waals surface area (Å²) in [7, 11) is 5.52. The summed E-state index contributed by atoms with van der Waals surface area (Å²) in [5.74, 6) is -0.0119. The van der Waals surface area contributed by atoms with Crippen LogP contribution in [0.4, 0.5) is 0 Å². The Morgan fingerprint density at radius 3 is 2.74 bits per heavy atom. The van der Waals surface area contributed by atoms with E-state index in [1.807, 2.05) is 14.1 Å². The topological polar surface area (TPSA) is 67.6 Å². The molecule has 0 aliphatic carbocycles. The third kappa shape index (κ3) is 4.55. The summed E-state index contributed by atoms with van der Waals surface area (Å²) >= 11 is 0. The van der Waals surface area contributed by atoms with Crippen molar-refractivity contribution in [1.29, 1.82) is 0 Å². The van der Waals surface area contributed by atoms with Crippen molar-refractivity contribution in [3.8, 4) is 5.95 Å². The molecule has 1 aromatic heterocycles. The van der Waals surface area contributed by atoms with Crippen molar-refractivity contribution < 1.29 is 14.1 Å². The molecule has 1 unspecified atom stereocenters. The highest BCUT2D eigenvalue weighted by Crippen LogP contribution is 2.21. The molecule has 1 amide bonds. The average Bonchev–Trinajstić information content (AvgIpc) is 2.84. The summed E-state index contributed by atoms with van der Waals surface area (Å²) in [6, 6.07) is 1.48. The number of carbonyl (C=O) groups excluding carboxylic acids is 1. The first-order valence-corrected chi connectivity index (χ1v) is 6.34. The molecule has 1 aromatic rings. The van der Waals surface area contributed by atoms with Gasteiger partial charge in [0.25, 0.3) is 5.91 Å². The first-order valence-electron chi connectivity index (χ1n) is 6.34. The third-order valence-electron chi connectivity index (χ3n) is 3.15. The number of nitrogens with one attached hydrogen (secondary N) is 1. The van der Waals surface area contributed by atoms with Crippen LogP contribution < -0.4 is 10.1 Å². The Bertz CT molecular complexity index is 417. The van der Waals surface area contributed by atoms with Gasteiger partial charge in [-0.1, -0.05) is 19.0 Å². The van der Waals surface area contributed by atoms with Crippen molar-refractivity contribution in [3.63, 3.8) is 0 Å². The Morgan fingerprint density at radius 1 is 1.58 bits per heavy atom. The molecule has 1 atom stereocenters. The van der Waals surface area contributed by atoms with Crippen LogP contribution in [0.5, 0.6) is 5.95 Å². The number of methoxy groups -OCH3 is 1. The van der Waals surface area contributed by atoms with Crippen LogP contribution in [-0.2, 0) is 0 Å². The summed E-state index contributed by atoms with van der Waals surface area (Å²) in [6.45, 7) is 5.77. The van der Waals surface area contributed by atoms with Crippen LogP contribution in [0.25, 0.3) is 0 Å². The monoisotopic (exact) mass is 269 g/mol. The molecule has 0 fully saturated rings. The lowest BCUT2D eigenvalue weighted by Gasteiger charge is -2.31. The van der Waals surface area contributed by atoms with Gasteiger partial charge >= 0.3 is 5.95 Å². The van der Waals surface area contributed by atoms with Crippen LogP contribution in [0.15, 0.2) is 10.6 Å². The van der Waals surface area contributed by atoms with Crippen molar-refractivity contribution in [3.05, 3.63) is 11.8 Å². The van der Waals surface area contributed by atoms with E-state index in [9.17, 15) is 4.79 Å². The zero-order valence-electron chi connectivity index (χ0n) is 12.3. The molecule has 6 heteroatoms. The molecule has 0 saturated heterocycles. The molecule has 19 heavy (non-hydrogen) atoms. The van der Waals surface area contributed by atoms with Crippen molar-refractivity contribution in [2.45, 2.75) is 20.3 Å². The summed E-state index contributed by atoms with van der Waals surface area (Å²) < 4.78 is 9.66. The van der Waals surface area contributed by atoms with Crippen molar-refractivity contribution >= 4 is 5.91 Å². The quantitative estimate of drug-likeness (QED) is 0.810. The largest absolute Gasteiger partial charge is 0.467 e. The van der Waals surface area contributed by atoms with Gasteiger partial charge in [-0.05, 0) is 25.9 Å². The Balaban J connectivity index is 2.57. The normalized spacial score (nSPS) is 14.2. The Kier molecular flexibility index (Phi) is 5.35. The van der Waals surface area contributed by atoms with Crippen molar-refractivity contribution in [2.75, 3.05) is 34.3 Å². The molecule has 0 aromatic carbocycles. The summed E-state index contributed by atoms with van der Waals surface area (Å²) in [6.07, 6.45) is 0.980. The molecule has 0 aliphatic heterocycles. The molecule has 0 bridgehead atoms. The number of carbonyl (C=O) groups is 1. The van der Waals surface area contributed by atoms with Gasteiger partial charge in [-0.2, -0.15) is 0 Å². The van der Waals surface area contributed by atoms with Crippen LogP contribution in [0.3, 0.4) is 0 Å². The second-order valence-corrected chi connectivity index (χ2v) is 5.32. The number of rotatable bonds is 7. The van der Waals surface area contributed by atoms with Crippen LogP contribution in [0.2, 0.25) is 0 Å². The molecule has 108 valence electrons. The lowest BCUT2D eigenvalue weighted by molar-refractivity contribution is 0.0912. The molecule has 0 spiro atoms. The highest BCUT2D eigenvalue weighted by molar-refractivity contribution is 5.92. The standard InChI is InChI=1S/C13H23N3O3/c1-6-13(2,9-16(3)4)8-14-12(17)10-7-11(18-5)19-15-10/h7H,6,8-9H2,1-5H3,(H,14,17). The highest BCUT2D eigenvalue weighted by Gasteiger charge is 2.24. The Hall–Kier alpha value is -1.56. The van der Waals surface area contributed by atoms with E-state index in [1.54, 1.807) is 0 Å². The molecule has 0 radical (unpaired) electrons. The fourth-order valence-electron chi connectivity index (χ4n) is 1.90. The Labute approximate surface area is 114 Å². The Morgan fingerprint density at radius 2 is 2.26 bits per heavy atom. The van der Waals surface area contributed by atoms with E-state index in [1.165, 1.54) is 13.2 Å². The lowest BCUT2D eigenvalue weighted by atomic mass is 9.87. The van der Waals surface area contributed by atoms with Gasteiger partial charge < -0.3 is 19.5 Å². The first kappa shape index (κ1) is 15.5. The number of hydrogen-bond donors (Lipinski definition) is 1. The zero-order valence-corrected chi connectivity index (χ0v) is 12.3. The first-order chi connectivity index (χ1) is 8.90. The molecule has 0 saturated carbocycles. The maximum Gasteiger partial charge on any atom is 0.311 e. The second-order valence-electron chi connectivity index (χ2n) is 5.32. The van der Waals surface area contributed by atoms with E-state index in [2.05, 4.69) is 29.2 Å². The van der Waals surface area contributed by atoms with Gasteiger partial charge in [0, 0.05) is 13.1 Å².